The lowest BCUT2D eigenvalue weighted by atomic mass is 9.97. The van der Waals surface area contributed by atoms with Gasteiger partial charge in [-0.2, -0.15) is 0 Å². The Labute approximate surface area is 113 Å². The lowest BCUT2D eigenvalue weighted by molar-refractivity contribution is 0.164. The molecule has 2 rings (SSSR count). The van der Waals surface area contributed by atoms with Crippen molar-refractivity contribution in [2.45, 2.75) is 55.1 Å². The molecule has 1 saturated carbocycles. The summed E-state index contributed by atoms with van der Waals surface area (Å²) in [4.78, 5) is 4.33. The normalized spacial score (nSPS) is 20.7. The molecule has 0 bridgehead atoms. The van der Waals surface area contributed by atoms with E-state index in [1.54, 1.807) is 11.8 Å². The van der Waals surface area contributed by atoms with E-state index < -0.39 is 0 Å². The van der Waals surface area contributed by atoms with Gasteiger partial charge in [0.1, 0.15) is 0 Å². The van der Waals surface area contributed by atoms with Crippen LogP contribution in [0, 0.1) is 0 Å². The molecule has 1 aliphatic rings. The van der Waals surface area contributed by atoms with E-state index >= 15 is 0 Å². The fourth-order valence-electron chi connectivity index (χ4n) is 2.21. The summed E-state index contributed by atoms with van der Waals surface area (Å²) in [6.45, 7) is 4.50. The fourth-order valence-corrected chi connectivity index (χ4v) is 3.37. The van der Waals surface area contributed by atoms with Crippen LogP contribution >= 0.6 is 11.8 Å². The number of aromatic nitrogens is 2. The summed E-state index contributed by atoms with van der Waals surface area (Å²) < 4.78 is 2.03. The second kappa shape index (κ2) is 5.63. The molecule has 1 aromatic heterocycles. The van der Waals surface area contributed by atoms with E-state index in [0.29, 0.717) is 11.3 Å². The van der Waals surface area contributed by atoms with Gasteiger partial charge in [-0.25, -0.2) is 4.98 Å². The van der Waals surface area contributed by atoms with Crippen molar-refractivity contribution in [3.63, 3.8) is 0 Å². The highest BCUT2D eigenvalue weighted by Gasteiger charge is 2.33. The number of imidazole rings is 1. The first-order chi connectivity index (χ1) is 8.52. The number of thioether (sulfide) groups is 1. The zero-order valence-electron chi connectivity index (χ0n) is 11.4. The van der Waals surface area contributed by atoms with Crippen LogP contribution in [0.25, 0.3) is 0 Å². The van der Waals surface area contributed by atoms with Gasteiger partial charge in [-0.1, -0.05) is 18.7 Å². The highest BCUT2D eigenvalue weighted by molar-refractivity contribution is 7.99. The van der Waals surface area contributed by atoms with Crippen LogP contribution in [-0.2, 0) is 7.05 Å². The zero-order chi connectivity index (χ0) is 13.2. The molecule has 1 aromatic rings. The molecule has 1 aliphatic carbocycles. The van der Waals surface area contributed by atoms with Crippen LogP contribution in [0.4, 0.5) is 0 Å². The topological polar surface area (TPSA) is 50.1 Å². The molecule has 0 radical (unpaired) electrons. The molecular formula is C13H23N3OS. The molecule has 18 heavy (non-hydrogen) atoms. The Hall–Kier alpha value is -0.520. The third-order valence-corrected chi connectivity index (χ3v) is 4.47. The fraction of sp³-hybridized carbons (Fsp3) is 0.769. The van der Waals surface area contributed by atoms with Gasteiger partial charge in [0, 0.05) is 36.3 Å². The highest BCUT2D eigenvalue weighted by atomic mass is 32.2. The van der Waals surface area contributed by atoms with Crippen molar-refractivity contribution < 1.29 is 5.11 Å². The molecule has 0 amide bonds. The van der Waals surface area contributed by atoms with Crippen LogP contribution in [0.1, 0.15) is 33.1 Å². The van der Waals surface area contributed by atoms with E-state index in [-0.39, 0.29) is 12.1 Å². The number of nitrogens with zero attached hydrogens (tertiary/aromatic N) is 2. The van der Waals surface area contributed by atoms with Gasteiger partial charge in [0.05, 0.1) is 6.61 Å². The average molecular weight is 269 g/mol. The monoisotopic (exact) mass is 269 g/mol. The van der Waals surface area contributed by atoms with E-state index in [0.717, 1.165) is 11.6 Å². The van der Waals surface area contributed by atoms with Gasteiger partial charge in [0.15, 0.2) is 5.16 Å². The van der Waals surface area contributed by atoms with Gasteiger partial charge in [-0.3, -0.25) is 0 Å². The Morgan fingerprint density at radius 2 is 2.39 bits per heavy atom. The Bertz CT molecular complexity index is 391. The van der Waals surface area contributed by atoms with Crippen molar-refractivity contribution in [2.75, 3.05) is 6.61 Å². The summed E-state index contributed by atoms with van der Waals surface area (Å²) in [5.41, 5.74) is -0.168. The third-order valence-electron chi connectivity index (χ3n) is 3.30. The van der Waals surface area contributed by atoms with E-state index in [9.17, 15) is 5.11 Å². The summed E-state index contributed by atoms with van der Waals surface area (Å²) in [5.74, 6) is 0. The first-order valence-electron chi connectivity index (χ1n) is 6.55. The number of hydrogen-bond donors (Lipinski definition) is 2. The van der Waals surface area contributed by atoms with Crippen molar-refractivity contribution in [1.29, 1.82) is 0 Å². The van der Waals surface area contributed by atoms with Crippen molar-refractivity contribution in [3.8, 4) is 0 Å². The molecule has 1 heterocycles. The van der Waals surface area contributed by atoms with Crippen molar-refractivity contribution in [1.82, 2.24) is 14.9 Å². The number of aliphatic hydroxyl groups is 1. The van der Waals surface area contributed by atoms with Crippen molar-refractivity contribution in [3.05, 3.63) is 12.4 Å². The first-order valence-corrected chi connectivity index (χ1v) is 7.43. The third kappa shape index (κ3) is 3.73. The largest absolute Gasteiger partial charge is 0.394 e. The van der Waals surface area contributed by atoms with Gasteiger partial charge in [-0.15, -0.1) is 0 Å². The summed E-state index contributed by atoms with van der Waals surface area (Å²) in [7, 11) is 2.01. The lowest BCUT2D eigenvalue weighted by Gasteiger charge is -2.31. The Morgan fingerprint density at radius 3 is 2.89 bits per heavy atom. The van der Waals surface area contributed by atoms with Crippen molar-refractivity contribution >= 4 is 11.8 Å². The molecule has 5 heteroatoms. The van der Waals surface area contributed by atoms with Crippen LogP contribution in [-0.4, -0.2) is 38.1 Å². The van der Waals surface area contributed by atoms with Crippen molar-refractivity contribution in [2.24, 2.45) is 7.05 Å². The number of nitrogens with one attached hydrogen (secondary N) is 1. The summed E-state index contributed by atoms with van der Waals surface area (Å²) in [5, 5.41) is 14.6. The maximum atomic E-state index is 9.60. The molecule has 4 nitrogen and oxygen atoms in total. The number of aryl methyl sites for hydroxylation is 1. The molecular weight excluding hydrogens is 246 g/mol. The minimum atomic E-state index is -0.168. The second-order valence-electron chi connectivity index (χ2n) is 5.59. The molecule has 2 atom stereocenters. The SMILES string of the molecule is CC(CC(C)(CO)NC1CC1)Sc1nccn1C. The zero-order valence-corrected chi connectivity index (χ0v) is 12.2. The van der Waals surface area contributed by atoms with Gasteiger partial charge in [0.2, 0.25) is 0 Å². The van der Waals surface area contributed by atoms with Crippen LogP contribution in [0.3, 0.4) is 0 Å². The molecule has 1 fully saturated rings. The Kier molecular flexibility index (Phi) is 4.35. The van der Waals surface area contributed by atoms with Gasteiger partial charge in [0.25, 0.3) is 0 Å². The smallest absolute Gasteiger partial charge is 0.167 e. The predicted molar refractivity (Wildman–Crippen MR) is 74.8 cm³/mol. The molecule has 0 spiro atoms. The molecule has 0 aromatic carbocycles. The number of rotatable bonds is 7. The van der Waals surface area contributed by atoms with Crippen LogP contribution in [0.2, 0.25) is 0 Å². The van der Waals surface area contributed by atoms with Gasteiger partial charge in [-0.05, 0) is 26.2 Å². The number of hydrogen-bond acceptors (Lipinski definition) is 4. The Morgan fingerprint density at radius 1 is 1.67 bits per heavy atom. The standard InChI is InChI=1S/C13H23N3OS/c1-10(18-12-14-6-7-16(12)3)8-13(2,9-17)15-11-4-5-11/h6-7,10-11,15,17H,4-5,8-9H2,1-3H3. The van der Waals surface area contributed by atoms with Gasteiger partial charge >= 0.3 is 0 Å². The summed E-state index contributed by atoms with van der Waals surface area (Å²) >= 11 is 1.77. The predicted octanol–water partition coefficient (Wildman–Crippen LogP) is 1.79. The summed E-state index contributed by atoms with van der Waals surface area (Å²) in [6.07, 6.45) is 7.22. The van der Waals surface area contributed by atoms with Crippen LogP contribution < -0.4 is 5.32 Å². The maximum absolute atomic E-state index is 9.60. The molecule has 2 unspecified atom stereocenters. The second-order valence-corrected chi connectivity index (χ2v) is 7.00. The minimum Gasteiger partial charge on any atom is -0.394 e. The minimum absolute atomic E-state index is 0.168. The van der Waals surface area contributed by atoms with E-state index in [1.165, 1.54) is 12.8 Å². The first kappa shape index (κ1) is 13.9. The number of aliphatic hydroxyl groups excluding tert-OH is 1. The molecule has 0 saturated heterocycles. The Balaban J connectivity index is 1.88. The lowest BCUT2D eigenvalue weighted by Crippen LogP contribution is -2.48. The van der Waals surface area contributed by atoms with E-state index in [2.05, 4.69) is 24.1 Å². The average Bonchev–Trinajstić information content (AvgIpc) is 3.02. The highest BCUT2D eigenvalue weighted by Crippen LogP contribution is 2.30. The van der Waals surface area contributed by atoms with E-state index in [4.69, 9.17) is 0 Å². The molecule has 102 valence electrons. The molecule has 2 N–H and O–H groups in total. The van der Waals surface area contributed by atoms with Crippen LogP contribution in [0.15, 0.2) is 17.6 Å². The van der Waals surface area contributed by atoms with E-state index in [1.807, 2.05) is 24.0 Å². The maximum Gasteiger partial charge on any atom is 0.167 e. The molecule has 0 aliphatic heterocycles. The quantitative estimate of drug-likeness (QED) is 0.741. The van der Waals surface area contributed by atoms with Gasteiger partial charge < -0.3 is 15.0 Å². The van der Waals surface area contributed by atoms with Crippen LogP contribution in [0.5, 0.6) is 0 Å². The summed E-state index contributed by atoms with van der Waals surface area (Å²) in [6, 6.07) is 0.618.